The van der Waals surface area contributed by atoms with Gasteiger partial charge in [0.1, 0.15) is 25.0 Å². The number of esters is 1. The molecule has 2 atom stereocenters. The van der Waals surface area contributed by atoms with Crippen molar-refractivity contribution in [1.82, 2.24) is 4.57 Å². The maximum Gasteiger partial charge on any atom is 0.310 e. The van der Waals surface area contributed by atoms with Gasteiger partial charge >= 0.3 is 5.97 Å². The van der Waals surface area contributed by atoms with E-state index in [0.717, 1.165) is 31.2 Å². The summed E-state index contributed by atoms with van der Waals surface area (Å²) in [6, 6.07) is 0. The normalized spacial score (nSPS) is 12.6. The van der Waals surface area contributed by atoms with Gasteiger partial charge < -0.3 is 21.7 Å². The van der Waals surface area contributed by atoms with Crippen molar-refractivity contribution < 1.29 is 31.1 Å². The van der Waals surface area contributed by atoms with Gasteiger partial charge in [0.2, 0.25) is 6.33 Å². The largest absolute Gasteiger partial charge is 1.00 e. The molecule has 67 heavy (non-hydrogen) atoms. The first-order valence-electron chi connectivity index (χ1n) is 30.6. The second-order valence-corrected chi connectivity index (χ2v) is 22.4. The Kier molecular flexibility index (Phi) is 50.9. The highest BCUT2D eigenvalue weighted by Gasteiger charge is 2.18. The van der Waals surface area contributed by atoms with Gasteiger partial charge in [-0.05, 0) is 49.9 Å². The molecule has 2 unspecified atom stereocenters. The quantitative estimate of drug-likeness (QED) is 0.0370. The highest BCUT2D eigenvalue weighted by Crippen LogP contribution is 2.27. The average molecular weight is 1010 g/mol. The number of carbonyl (C=O) groups excluding carboxylic acids is 1. The van der Waals surface area contributed by atoms with Crippen LogP contribution in [0.4, 0.5) is 0 Å². The van der Waals surface area contributed by atoms with Crippen molar-refractivity contribution in [2.45, 2.75) is 356 Å². The summed E-state index contributed by atoms with van der Waals surface area (Å²) in [4.78, 5) is 13.3. The summed E-state index contributed by atoms with van der Waals surface area (Å²) < 4.78 is 10.7. The van der Waals surface area contributed by atoms with Crippen molar-refractivity contribution in [3.05, 3.63) is 18.7 Å². The van der Waals surface area contributed by atoms with E-state index in [2.05, 4.69) is 69.4 Å². The number of ether oxygens (including phenoxy) is 1. The number of unbranched alkanes of at least 4 members (excludes halogenated alkanes) is 32. The fourth-order valence-corrected chi connectivity index (χ4v) is 10.5. The molecule has 0 saturated carbocycles. The lowest BCUT2D eigenvalue weighted by Crippen LogP contribution is -3.00. The van der Waals surface area contributed by atoms with Crippen LogP contribution in [-0.4, -0.2) is 16.6 Å². The Balaban J connectivity index is 0.0000436. The van der Waals surface area contributed by atoms with Crippen molar-refractivity contribution in [3.8, 4) is 0 Å². The number of carbonyl (C=O) groups is 1. The number of aryl methyl sites for hydroxylation is 2. The highest BCUT2D eigenvalue weighted by molar-refractivity contribution is 5.69. The van der Waals surface area contributed by atoms with Crippen LogP contribution in [0.5, 0.6) is 0 Å². The highest BCUT2D eigenvalue weighted by atomic mass is 79.9. The summed E-state index contributed by atoms with van der Waals surface area (Å²) in [6.07, 6.45) is 69.5. The van der Waals surface area contributed by atoms with E-state index < -0.39 is 0 Å². The van der Waals surface area contributed by atoms with Crippen LogP contribution in [0.15, 0.2) is 18.7 Å². The minimum Gasteiger partial charge on any atom is -1.00 e. The smallest absolute Gasteiger partial charge is 0.310 e. The zero-order chi connectivity index (χ0) is 47.8. The first kappa shape index (κ1) is 66.2. The Bertz CT molecular complexity index is 1080. The molecule has 0 aromatic carbocycles. The molecule has 0 spiro atoms. The van der Waals surface area contributed by atoms with E-state index in [9.17, 15) is 4.79 Å². The van der Waals surface area contributed by atoms with Gasteiger partial charge in [0, 0.05) is 0 Å². The predicted octanol–water partition coefficient (Wildman–Crippen LogP) is 17.6. The number of hydrogen-bond acceptors (Lipinski definition) is 2. The van der Waals surface area contributed by atoms with Gasteiger partial charge in [-0.1, -0.05) is 298 Å². The Morgan fingerprint density at radius 1 is 0.448 bits per heavy atom. The number of hydrogen-bond donors (Lipinski definition) is 0. The van der Waals surface area contributed by atoms with Crippen molar-refractivity contribution in [3.63, 3.8) is 0 Å². The number of nitrogens with zero attached hydrogens (tertiary/aromatic N) is 2. The molecule has 0 aliphatic rings. The first-order chi connectivity index (χ1) is 32.4. The average Bonchev–Trinajstić information content (AvgIpc) is 3.77. The molecule has 1 aromatic rings. The Labute approximate surface area is 432 Å². The molecule has 0 radical (unpaired) electrons. The van der Waals surface area contributed by atoms with Crippen molar-refractivity contribution in [1.29, 1.82) is 0 Å². The summed E-state index contributed by atoms with van der Waals surface area (Å²) in [7, 11) is 0. The Hall–Kier alpha value is -0.840. The van der Waals surface area contributed by atoms with E-state index in [-0.39, 0.29) is 29.1 Å². The van der Waals surface area contributed by atoms with Crippen molar-refractivity contribution >= 4 is 5.97 Å². The fourth-order valence-electron chi connectivity index (χ4n) is 10.5. The molecular formula is C62H121BrN2O2. The number of imidazole rings is 1. The molecule has 4 nitrogen and oxygen atoms in total. The van der Waals surface area contributed by atoms with Gasteiger partial charge in [-0.15, -0.1) is 0 Å². The molecule has 0 aliphatic carbocycles. The van der Waals surface area contributed by atoms with E-state index in [1.165, 1.54) is 276 Å². The van der Waals surface area contributed by atoms with E-state index in [4.69, 9.17) is 4.74 Å². The summed E-state index contributed by atoms with van der Waals surface area (Å²) in [5, 5.41) is 0. The molecule has 0 aliphatic heterocycles. The van der Waals surface area contributed by atoms with Crippen LogP contribution in [0.3, 0.4) is 0 Å². The van der Waals surface area contributed by atoms with Gasteiger partial charge in [0.05, 0.1) is 13.0 Å². The number of aromatic nitrogens is 2. The third-order valence-electron chi connectivity index (χ3n) is 15.2. The van der Waals surface area contributed by atoms with Gasteiger partial charge in [-0.3, -0.25) is 4.79 Å². The van der Waals surface area contributed by atoms with Crippen LogP contribution in [0.2, 0.25) is 0 Å². The van der Waals surface area contributed by atoms with Crippen molar-refractivity contribution in [2.24, 2.45) is 17.8 Å². The van der Waals surface area contributed by atoms with Crippen LogP contribution in [0, 0.1) is 17.8 Å². The lowest BCUT2D eigenvalue weighted by atomic mass is 9.89. The lowest BCUT2D eigenvalue weighted by molar-refractivity contribution is -0.696. The molecule has 0 amide bonds. The minimum atomic E-state index is -0.00820. The molecule has 1 heterocycles. The Morgan fingerprint density at radius 3 is 1.25 bits per heavy atom. The van der Waals surface area contributed by atoms with Gasteiger partial charge in [0.15, 0.2) is 0 Å². The zero-order valence-corrected chi connectivity index (χ0v) is 48.2. The SMILES string of the molecule is CCCCCCCCCCCCCCCCCCC(CCCCCCCCCCCCCCCCCC)CCCCC(CCC(C)CCCC(C)C)OC(=O)CCn1cc[n+](CCCC)c1.[Br-]. The maximum atomic E-state index is 13.3. The van der Waals surface area contributed by atoms with Crippen molar-refractivity contribution in [2.75, 3.05) is 0 Å². The Morgan fingerprint density at radius 2 is 0.836 bits per heavy atom. The van der Waals surface area contributed by atoms with Gasteiger partial charge in [-0.25, -0.2) is 9.13 Å². The van der Waals surface area contributed by atoms with E-state index in [1.54, 1.807) is 0 Å². The first-order valence-corrected chi connectivity index (χ1v) is 30.6. The second kappa shape index (κ2) is 51.5. The van der Waals surface area contributed by atoms with Gasteiger partial charge in [-0.2, -0.15) is 0 Å². The van der Waals surface area contributed by atoms with Crippen LogP contribution in [0.1, 0.15) is 337 Å². The van der Waals surface area contributed by atoms with Crippen LogP contribution >= 0.6 is 0 Å². The molecule has 0 N–H and O–H groups in total. The lowest BCUT2D eigenvalue weighted by Gasteiger charge is -2.21. The minimum absolute atomic E-state index is 0. The monoisotopic (exact) mass is 1000 g/mol. The summed E-state index contributed by atoms with van der Waals surface area (Å²) in [5.74, 6) is 2.36. The molecule has 0 saturated heterocycles. The number of halogens is 1. The fraction of sp³-hybridized carbons (Fsp3) is 0.935. The molecule has 0 fully saturated rings. The summed E-state index contributed by atoms with van der Waals surface area (Å²) in [5.41, 5.74) is 0. The zero-order valence-electron chi connectivity index (χ0n) is 46.6. The molecule has 0 bridgehead atoms. The maximum absolute atomic E-state index is 13.3. The van der Waals surface area contributed by atoms with Gasteiger partial charge in [0.25, 0.3) is 0 Å². The third-order valence-corrected chi connectivity index (χ3v) is 15.2. The van der Waals surface area contributed by atoms with E-state index in [0.29, 0.717) is 18.9 Å². The van der Waals surface area contributed by atoms with Crippen LogP contribution in [0.25, 0.3) is 0 Å². The molecule has 5 heteroatoms. The third kappa shape index (κ3) is 46.0. The molecule has 1 rings (SSSR count). The molecular weight excluding hydrogens is 885 g/mol. The topological polar surface area (TPSA) is 35.1 Å². The van der Waals surface area contributed by atoms with E-state index >= 15 is 0 Å². The van der Waals surface area contributed by atoms with E-state index in [1.807, 2.05) is 0 Å². The predicted molar refractivity (Wildman–Crippen MR) is 291 cm³/mol. The summed E-state index contributed by atoms with van der Waals surface area (Å²) >= 11 is 0. The molecule has 1 aromatic heterocycles. The van der Waals surface area contributed by atoms with Crippen LogP contribution < -0.4 is 21.5 Å². The molecule has 398 valence electrons. The second-order valence-electron chi connectivity index (χ2n) is 22.4. The van der Waals surface area contributed by atoms with Crippen LogP contribution in [-0.2, 0) is 22.6 Å². The number of rotatable bonds is 53. The summed E-state index contributed by atoms with van der Waals surface area (Å²) in [6.45, 7) is 15.7. The standard InChI is InChI=1S/C62H121N2O2.BrH/c1-7-10-13-15-17-19-21-23-25-27-29-31-33-35-37-39-46-60(47-40-38-36-34-32-30-28-26-24-22-20-18-16-14-11-8-2)48-41-42-49-61(51-50-59(6)45-43-44-58(4)5)66-62(65)52-54-64-56-55-63(57-64)53-12-9-3;/h55-61H,7-54H2,1-6H3;1H/q+1;/p-1.